The molecule has 0 aromatic carbocycles. The Kier molecular flexibility index (Phi) is 8.99. The summed E-state index contributed by atoms with van der Waals surface area (Å²) in [6.07, 6.45) is 5.74. The molecule has 2 rings (SSSR count). The van der Waals surface area contributed by atoms with E-state index in [4.69, 9.17) is 0 Å². The van der Waals surface area contributed by atoms with Crippen molar-refractivity contribution in [2.75, 3.05) is 13.7 Å². The largest absolute Gasteiger partial charge is 0.465 e. The summed E-state index contributed by atoms with van der Waals surface area (Å²) in [5.41, 5.74) is 0. The molecule has 0 unspecified atom stereocenters. The minimum absolute atomic E-state index is 0.0403. The minimum atomic E-state index is -0.590. The number of rotatable bonds is 6. The first-order valence-corrected chi connectivity index (χ1v) is 10.6. The summed E-state index contributed by atoms with van der Waals surface area (Å²) < 4.78 is 4.69. The number of esters is 1. The second kappa shape index (κ2) is 11.5. The lowest BCUT2D eigenvalue weighted by atomic mass is 10.00. The molecule has 1 amide bonds. The average Bonchev–Trinajstić information content (AvgIpc) is 3.33. The van der Waals surface area contributed by atoms with Crippen molar-refractivity contribution >= 4 is 23.2 Å². The number of thiophene rings is 1. The number of amides is 1. The number of nitrogens with zero attached hydrogens (tertiary/aromatic N) is 1. The third-order valence-corrected chi connectivity index (χ3v) is 5.65. The van der Waals surface area contributed by atoms with Gasteiger partial charge in [-0.3, -0.25) is 4.79 Å². The van der Waals surface area contributed by atoms with Gasteiger partial charge in [0.05, 0.1) is 30.7 Å². The fraction of sp³-hybridized carbons (Fsp3) is 0.478. The smallest absolute Gasteiger partial charge is 0.348 e. The molecule has 3 atom stereocenters. The monoisotopic (exact) mass is 413 g/mol. The van der Waals surface area contributed by atoms with Gasteiger partial charge in [-0.05, 0) is 24.5 Å². The van der Waals surface area contributed by atoms with Gasteiger partial charge in [0, 0.05) is 19.3 Å². The molecule has 0 bridgehead atoms. The van der Waals surface area contributed by atoms with Crippen LogP contribution in [0.5, 0.6) is 0 Å². The molecule has 1 fully saturated rings. The first-order valence-electron chi connectivity index (χ1n) is 9.74. The van der Waals surface area contributed by atoms with Crippen LogP contribution in [0.25, 0.3) is 0 Å². The van der Waals surface area contributed by atoms with Crippen molar-refractivity contribution in [2.45, 2.75) is 51.7 Å². The van der Waals surface area contributed by atoms with E-state index in [1.165, 1.54) is 18.4 Å². The summed E-state index contributed by atoms with van der Waals surface area (Å²) >= 11 is 1.27. The highest BCUT2D eigenvalue weighted by Crippen LogP contribution is 2.21. The van der Waals surface area contributed by atoms with Crippen molar-refractivity contribution in [1.82, 2.24) is 4.90 Å². The molecule has 1 saturated heterocycles. The number of aliphatic hydroxyl groups excluding tert-OH is 1. The first kappa shape index (κ1) is 22.7. The zero-order chi connectivity index (χ0) is 21.2. The third kappa shape index (κ3) is 6.78. The van der Waals surface area contributed by atoms with E-state index in [1.54, 1.807) is 23.1 Å². The summed E-state index contributed by atoms with van der Waals surface area (Å²) in [5, 5.41) is 10.3. The zero-order valence-electron chi connectivity index (χ0n) is 17.1. The molecule has 0 aliphatic carbocycles. The third-order valence-electron chi connectivity index (χ3n) is 4.67. The lowest BCUT2D eigenvalue weighted by Crippen LogP contribution is -2.32. The van der Waals surface area contributed by atoms with Gasteiger partial charge in [0.1, 0.15) is 4.88 Å². The predicted molar refractivity (Wildman–Crippen MR) is 114 cm³/mol. The maximum Gasteiger partial charge on any atom is 0.348 e. The molecule has 2 heterocycles. The van der Waals surface area contributed by atoms with Gasteiger partial charge in [0.2, 0.25) is 5.91 Å². The van der Waals surface area contributed by atoms with Gasteiger partial charge in [0.25, 0.3) is 0 Å². The molecule has 6 heteroatoms. The number of carbonyl (C=O) groups is 2. The topological polar surface area (TPSA) is 66.8 Å². The Morgan fingerprint density at radius 2 is 2.21 bits per heavy atom. The Bertz CT molecular complexity index is 865. The van der Waals surface area contributed by atoms with Crippen LogP contribution in [0.15, 0.2) is 24.3 Å². The molecule has 1 aliphatic heterocycles. The number of carbonyl (C=O) groups excluding carboxylic acids is 2. The minimum Gasteiger partial charge on any atom is -0.465 e. The van der Waals surface area contributed by atoms with E-state index in [0.29, 0.717) is 24.3 Å². The zero-order valence-corrected chi connectivity index (χ0v) is 17.9. The highest BCUT2D eigenvalue weighted by molar-refractivity contribution is 7.14. The van der Waals surface area contributed by atoms with Crippen molar-refractivity contribution in [3.05, 3.63) is 34.0 Å². The molecule has 5 nitrogen and oxygen atoms in total. The number of hydrogen-bond acceptors (Lipinski definition) is 5. The summed E-state index contributed by atoms with van der Waals surface area (Å²) in [6.45, 7) is 4.28. The fourth-order valence-electron chi connectivity index (χ4n) is 2.90. The standard InChI is InChI=1S/C23H27NO4S/c1-4-5-6-8-17(2)20(25)13-10-18-11-15-22(26)24(18)16-7-9-19-12-14-21(29-19)23(27)28-3/h10,12-14,17-18,20,25H,4,8,11,15-16H2,1-3H3/b13-10+/t17-,18-,20+/m0/s1. The molecule has 1 N–H and O–H groups in total. The van der Waals surface area contributed by atoms with E-state index in [1.807, 2.05) is 19.9 Å². The van der Waals surface area contributed by atoms with E-state index in [-0.39, 0.29) is 23.8 Å². The molecule has 0 radical (unpaired) electrons. The molecule has 1 aliphatic rings. The maximum atomic E-state index is 12.2. The van der Waals surface area contributed by atoms with Gasteiger partial charge in [-0.25, -0.2) is 4.79 Å². The molecule has 0 saturated carbocycles. The van der Waals surface area contributed by atoms with Crippen LogP contribution in [-0.4, -0.2) is 47.7 Å². The molecule has 154 valence electrons. The lowest BCUT2D eigenvalue weighted by Gasteiger charge is -2.20. The second-order valence-corrected chi connectivity index (χ2v) is 7.93. The average molecular weight is 414 g/mol. The van der Waals surface area contributed by atoms with Crippen LogP contribution in [0.1, 0.15) is 54.1 Å². The SMILES string of the molecule is CCC#CC[C@H](C)[C@H](O)/C=C/[C@H]1CCC(=O)N1CC#Cc1ccc(C(=O)OC)s1. The van der Waals surface area contributed by atoms with Crippen molar-refractivity contribution in [3.63, 3.8) is 0 Å². The Morgan fingerprint density at radius 1 is 1.41 bits per heavy atom. The number of aliphatic hydroxyl groups is 1. The Hall–Kier alpha value is -2.54. The Morgan fingerprint density at radius 3 is 2.93 bits per heavy atom. The van der Waals surface area contributed by atoms with Crippen LogP contribution >= 0.6 is 11.3 Å². The Labute approximate surface area is 176 Å². The quantitative estimate of drug-likeness (QED) is 0.442. The highest BCUT2D eigenvalue weighted by Gasteiger charge is 2.28. The number of likely N-dealkylation sites (tertiary alicyclic amines) is 1. The molecule has 1 aromatic heterocycles. The molecular formula is C23H27NO4S. The molecule has 1 aromatic rings. The van der Waals surface area contributed by atoms with Crippen LogP contribution in [0.2, 0.25) is 0 Å². The number of ether oxygens (including phenoxy) is 1. The fourth-order valence-corrected chi connectivity index (χ4v) is 3.70. The van der Waals surface area contributed by atoms with Crippen molar-refractivity contribution < 1.29 is 19.4 Å². The summed E-state index contributed by atoms with van der Waals surface area (Å²) in [7, 11) is 1.34. The van der Waals surface area contributed by atoms with Gasteiger partial charge >= 0.3 is 5.97 Å². The van der Waals surface area contributed by atoms with Gasteiger partial charge in [-0.15, -0.1) is 23.2 Å². The lowest BCUT2D eigenvalue weighted by molar-refractivity contribution is -0.127. The van der Waals surface area contributed by atoms with Crippen LogP contribution in [-0.2, 0) is 9.53 Å². The predicted octanol–water partition coefficient (Wildman–Crippen LogP) is 3.23. The molecular weight excluding hydrogens is 386 g/mol. The second-order valence-electron chi connectivity index (χ2n) is 6.85. The highest BCUT2D eigenvalue weighted by atomic mass is 32.1. The summed E-state index contributed by atoms with van der Waals surface area (Å²) in [5.74, 6) is 11.8. The van der Waals surface area contributed by atoms with Crippen molar-refractivity contribution in [3.8, 4) is 23.7 Å². The number of hydrogen-bond donors (Lipinski definition) is 1. The maximum absolute atomic E-state index is 12.2. The van der Waals surface area contributed by atoms with E-state index in [0.717, 1.165) is 17.7 Å². The summed E-state index contributed by atoms with van der Waals surface area (Å²) in [4.78, 5) is 26.7. The van der Waals surface area contributed by atoms with Crippen LogP contribution in [0, 0.1) is 29.6 Å². The van der Waals surface area contributed by atoms with Crippen molar-refractivity contribution in [2.24, 2.45) is 5.92 Å². The summed E-state index contributed by atoms with van der Waals surface area (Å²) in [6, 6.07) is 3.39. The van der Waals surface area contributed by atoms with E-state index in [9.17, 15) is 14.7 Å². The van der Waals surface area contributed by atoms with E-state index in [2.05, 4.69) is 28.4 Å². The van der Waals surface area contributed by atoms with Gasteiger partial charge in [-0.2, -0.15) is 0 Å². The van der Waals surface area contributed by atoms with Crippen LogP contribution in [0.4, 0.5) is 0 Å². The molecule has 0 spiro atoms. The van der Waals surface area contributed by atoms with E-state index >= 15 is 0 Å². The van der Waals surface area contributed by atoms with Gasteiger partial charge < -0.3 is 14.7 Å². The number of methoxy groups -OCH3 is 1. The van der Waals surface area contributed by atoms with E-state index < -0.39 is 6.10 Å². The Balaban J connectivity index is 1.95. The molecule has 29 heavy (non-hydrogen) atoms. The van der Waals surface area contributed by atoms with Gasteiger partial charge in [-0.1, -0.05) is 37.8 Å². The van der Waals surface area contributed by atoms with Gasteiger partial charge in [0.15, 0.2) is 0 Å². The first-order chi connectivity index (χ1) is 14.0. The van der Waals surface area contributed by atoms with Crippen molar-refractivity contribution in [1.29, 1.82) is 0 Å². The normalized spacial score (nSPS) is 18.0. The van der Waals surface area contributed by atoms with Crippen LogP contribution in [0.3, 0.4) is 0 Å². The van der Waals surface area contributed by atoms with Crippen LogP contribution < -0.4 is 0 Å².